The largest absolute Gasteiger partial charge is 0.353 e. The molecule has 2 aliphatic carbocycles. The molecule has 166 valence electrons. The van der Waals surface area contributed by atoms with Crippen molar-refractivity contribution in [1.82, 2.24) is 5.32 Å². The van der Waals surface area contributed by atoms with E-state index < -0.39 is 0 Å². The second-order valence-electron chi connectivity index (χ2n) is 10.9. The van der Waals surface area contributed by atoms with E-state index in [0.717, 1.165) is 6.42 Å². The molecule has 0 spiro atoms. The number of hydrogen-bond acceptors (Lipinski definition) is 1. The van der Waals surface area contributed by atoms with E-state index in [1.807, 2.05) is 0 Å². The van der Waals surface area contributed by atoms with E-state index in [1.165, 1.54) is 57.8 Å². The fourth-order valence-corrected chi connectivity index (χ4v) is 5.36. The second-order valence-corrected chi connectivity index (χ2v) is 10.9. The summed E-state index contributed by atoms with van der Waals surface area (Å²) in [6, 6.07) is 0.432. The first-order valence-corrected chi connectivity index (χ1v) is 12.4. The minimum atomic E-state index is 0.1000. The molecular weight excluding hydrogens is 342 g/mol. The highest BCUT2D eigenvalue weighted by Gasteiger charge is 2.41. The van der Waals surface area contributed by atoms with E-state index in [1.54, 1.807) is 0 Å². The molecule has 3 unspecified atom stereocenters. The van der Waals surface area contributed by atoms with Crippen molar-refractivity contribution in [3.8, 4) is 0 Å². The third kappa shape index (κ3) is 7.71. The average Bonchev–Trinajstić information content (AvgIpc) is 3.36. The normalized spacial score (nSPS) is 23.1. The molecule has 0 heterocycles. The first-order chi connectivity index (χ1) is 13.1. The summed E-state index contributed by atoms with van der Waals surface area (Å²) in [7, 11) is 0. The molecule has 0 saturated heterocycles. The van der Waals surface area contributed by atoms with Gasteiger partial charge in [0, 0.05) is 12.0 Å². The summed E-state index contributed by atoms with van der Waals surface area (Å²) in [6.07, 6.45) is 13.4. The zero-order valence-corrected chi connectivity index (χ0v) is 20.4. The SMILES string of the molecule is C1CCCC1.CC(CC(C)(C(C)C(C)C)C(C)C(C)C)C(=O)NC1CCCC1. The summed E-state index contributed by atoms with van der Waals surface area (Å²) in [5.41, 5.74) is 0.203. The van der Waals surface area contributed by atoms with Gasteiger partial charge in [-0.2, -0.15) is 0 Å². The van der Waals surface area contributed by atoms with Crippen LogP contribution < -0.4 is 5.32 Å². The molecule has 2 rings (SSSR count). The smallest absolute Gasteiger partial charge is 0.223 e. The predicted octanol–water partition coefficient (Wildman–Crippen LogP) is 7.61. The van der Waals surface area contributed by atoms with Gasteiger partial charge in [-0.25, -0.2) is 0 Å². The predicted molar refractivity (Wildman–Crippen MR) is 123 cm³/mol. The van der Waals surface area contributed by atoms with E-state index in [4.69, 9.17) is 0 Å². The lowest BCUT2D eigenvalue weighted by atomic mass is 9.59. The van der Waals surface area contributed by atoms with E-state index in [2.05, 4.69) is 60.7 Å². The molecule has 0 aromatic rings. The molecular formula is C26H51NO. The lowest BCUT2D eigenvalue weighted by molar-refractivity contribution is -0.127. The standard InChI is InChI=1S/C21H41NO.C5H10/c1-14(2)17(6)21(8,18(7)15(3)4)13-16(5)20(23)22-19-11-9-10-12-19;1-2-4-5-3-1/h14-19H,9-13H2,1-8H3,(H,22,23);1-5H2. The van der Waals surface area contributed by atoms with Crippen LogP contribution in [0.3, 0.4) is 0 Å². The number of amides is 1. The van der Waals surface area contributed by atoms with Gasteiger partial charge in [0.05, 0.1) is 0 Å². The third-order valence-corrected chi connectivity index (χ3v) is 8.23. The van der Waals surface area contributed by atoms with Crippen LogP contribution in [-0.2, 0) is 4.79 Å². The monoisotopic (exact) mass is 393 g/mol. The lowest BCUT2D eigenvalue weighted by Gasteiger charge is -2.46. The Bertz CT molecular complexity index is 410. The van der Waals surface area contributed by atoms with Crippen molar-refractivity contribution in [3.63, 3.8) is 0 Å². The molecule has 2 saturated carbocycles. The van der Waals surface area contributed by atoms with Crippen LogP contribution in [0.1, 0.15) is 120 Å². The molecule has 0 aromatic carbocycles. The Morgan fingerprint density at radius 1 is 0.786 bits per heavy atom. The summed E-state index contributed by atoms with van der Waals surface area (Å²) in [5.74, 6) is 2.89. The Labute approximate surface area is 177 Å². The number of carbonyl (C=O) groups is 1. The zero-order chi connectivity index (χ0) is 21.3. The molecule has 0 aromatic heterocycles. The molecule has 2 aliphatic rings. The Balaban J connectivity index is 0.000000674. The Morgan fingerprint density at radius 2 is 1.18 bits per heavy atom. The summed E-state index contributed by atoms with van der Waals surface area (Å²) in [4.78, 5) is 12.7. The maximum absolute atomic E-state index is 12.7. The Kier molecular flexibility index (Phi) is 11.1. The Morgan fingerprint density at radius 3 is 1.54 bits per heavy atom. The minimum absolute atomic E-state index is 0.1000. The highest BCUT2D eigenvalue weighted by molar-refractivity contribution is 5.78. The molecule has 0 aliphatic heterocycles. The summed E-state index contributed by atoms with van der Waals surface area (Å²) >= 11 is 0. The van der Waals surface area contributed by atoms with Crippen LogP contribution in [0.4, 0.5) is 0 Å². The van der Waals surface area contributed by atoms with Gasteiger partial charge in [0.2, 0.25) is 5.91 Å². The van der Waals surface area contributed by atoms with Crippen LogP contribution in [0, 0.1) is 35.0 Å². The quantitative estimate of drug-likeness (QED) is 0.451. The van der Waals surface area contributed by atoms with Crippen LogP contribution in [-0.4, -0.2) is 11.9 Å². The van der Waals surface area contributed by atoms with Crippen molar-refractivity contribution in [2.75, 3.05) is 0 Å². The molecule has 1 amide bonds. The number of carbonyl (C=O) groups excluding carboxylic acids is 1. The molecule has 3 atom stereocenters. The van der Waals surface area contributed by atoms with Crippen molar-refractivity contribution in [1.29, 1.82) is 0 Å². The van der Waals surface area contributed by atoms with Crippen molar-refractivity contribution in [3.05, 3.63) is 0 Å². The van der Waals surface area contributed by atoms with Gasteiger partial charge in [-0.3, -0.25) is 4.79 Å². The van der Waals surface area contributed by atoms with E-state index >= 15 is 0 Å². The second kappa shape index (κ2) is 12.2. The van der Waals surface area contributed by atoms with Crippen LogP contribution in [0.2, 0.25) is 0 Å². The van der Waals surface area contributed by atoms with Gasteiger partial charge < -0.3 is 5.32 Å². The van der Waals surface area contributed by atoms with Crippen molar-refractivity contribution >= 4 is 5.91 Å². The third-order valence-electron chi connectivity index (χ3n) is 8.23. The summed E-state index contributed by atoms with van der Waals surface area (Å²) in [6.45, 7) is 18.6. The lowest BCUT2D eigenvalue weighted by Crippen LogP contribution is -2.43. The average molecular weight is 394 g/mol. The van der Waals surface area contributed by atoms with E-state index in [-0.39, 0.29) is 17.2 Å². The van der Waals surface area contributed by atoms with Crippen LogP contribution in [0.25, 0.3) is 0 Å². The molecule has 0 bridgehead atoms. The van der Waals surface area contributed by atoms with Crippen LogP contribution in [0.15, 0.2) is 0 Å². The molecule has 2 nitrogen and oxygen atoms in total. The summed E-state index contributed by atoms with van der Waals surface area (Å²) in [5, 5.41) is 3.30. The van der Waals surface area contributed by atoms with Gasteiger partial charge in [0.25, 0.3) is 0 Å². The highest BCUT2D eigenvalue weighted by Crippen LogP contribution is 2.47. The molecule has 1 N–H and O–H groups in total. The fourth-order valence-electron chi connectivity index (χ4n) is 5.36. The molecule has 2 fully saturated rings. The van der Waals surface area contributed by atoms with Gasteiger partial charge in [-0.05, 0) is 48.3 Å². The topological polar surface area (TPSA) is 29.1 Å². The first kappa shape index (κ1) is 25.5. The fraction of sp³-hybridized carbons (Fsp3) is 0.962. The van der Waals surface area contributed by atoms with Gasteiger partial charge in [-0.1, -0.05) is 100 Å². The van der Waals surface area contributed by atoms with Gasteiger partial charge in [0.15, 0.2) is 0 Å². The van der Waals surface area contributed by atoms with Gasteiger partial charge in [-0.15, -0.1) is 0 Å². The number of nitrogens with one attached hydrogen (secondary N) is 1. The van der Waals surface area contributed by atoms with Gasteiger partial charge >= 0.3 is 0 Å². The molecule has 28 heavy (non-hydrogen) atoms. The number of hydrogen-bond donors (Lipinski definition) is 1. The Hall–Kier alpha value is -0.530. The van der Waals surface area contributed by atoms with Crippen molar-refractivity contribution in [2.45, 2.75) is 126 Å². The first-order valence-electron chi connectivity index (χ1n) is 12.4. The van der Waals surface area contributed by atoms with E-state index in [9.17, 15) is 4.79 Å². The molecule has 2 heteroatoms. The van der Waals surface area contributed by atoms with Crippen molar-refractivity contribution in [2.24, 2.45) is 35.0 Å². The van der Waals surface area contributed by atoms with Gasteiger partial charge in [0.1, 0.15) is 0 Å². The summed E-state index contributed by atoms with van der Waals surface area (Å²) < 4.78 is 0. The maximum atomic E-state index is 12.7. The zero-order valence-electron chi connectivity index (χ0n) is 20.4. The number of rotatable bonds is 8. The van der Waals surface area contributed by atoms with Crippen LogP contribution in [0.5, 0.6) is 0 Å². The van der Waals surface area contributed by atoms with E-state index in [0.29, 0.717) is 29.7 Å². The highest BCUT2D eigenvalue weighted by atomic mass is 16.1. The minimum Gasteiger partial charge on any atom is -0.353 e. The van der Waals surface area contributed by atoms with Crippen molar-refractivity contribution < 1.29 is 4.79 Å². The van der Waals surface area contributed by atoms with Crippen LogP contribution >= 0.6 is 0 Å². The maximum Gasteiger partial charge on any atom is 0.223 e. The molecule has 0 radical (unpaired) electrons.